The molecule has 4 rings (SSSR count). The van der Waals surface area contributed by atoms with Crippen LogP contribution in [-0.2, 0) is 17.4 Å². The van der Waals surface area contributed by atoms with Gasteiger partial charge in [-0.15, -0.1) is 13.2 Å². The van der Waals surface area contributed by atoms with Gasteiger partial charge in [-0.05, 0) is 30.1 Å². The Hall–Kier alpha value is -3.25. The Morgan fingerprint density at radius 2 is 2.00 bits per heavy atom. The number of carbonyl (C=O) groups excluding carboxylic acids is 1. The maximum Gasteiger partial charge on any atom is 0.662 e. The highest BCUT2D eigenvalue weighted by Crippen LogP contribution is 2.33. The Labute approximate surface area is 164 Å². The molecule has 7 nitrogen and oxygen atoms in total. The highest BCUT2D eigenvalue weighted by molar-refractivity contribution is 5.94. The number of aryl methyl sites for hydroxylation is 1. The summed E-state index contributed by atoms with van der Waals surface area (Å²) in [5.74, 6) is -0.695. The number of azo groups is 2. The highest BCUT2D eigenvalue weighted by atomic mass is 19.4. The van der Waals surface area contributed by atoms with E-state index in [-0.39, 0.29) is 16.0 Å². The van der Waals surface area contributed by atoms with E-state index in [0.717, 1.165) is 12.3 Å². The Morgan fingerprint density at radius 1 is 1.23 bits per heavy atom. The zero-order chi connectivity index (χ0) is 21.7. The first-order valence-electron chi connectivity index (χ1n) is 8.69. The van der Waals surface area contributed by atoms with Gasteiger partial charge in [0.1, 0.15) is 17.8 Å². The predicted octanol–water partition coefficient (Wildman–Crippen LogP) is 3.27. The fourth-order valence-electron chi connectivity index (χ4n) is 3.26. The first kappa shape index (κ1) is 20.0. The minimum absolute atomic E-state index is 0.142. The summed E-state index contributed by atoms with van der Waals surface area (Å²) >= 11 is 0. The summed E-state index contributed by atoms with van der Waals surface area (Å²) in [4.78, 5) is 15.6. The molecule has 2 aromatic rings. The van der Waals surface area contributed by atoms with Gasteiger partial charge < -0.3 is 5.32 Å². The lowest BCUT2D eigenvalue weighted by Crippen LogP contribution is -2.29. The summed E-state index contributed by atoms with van der Waals surface area (Å²) in [5, 5.41) is 10.1. The number of fused-ring (bicyclic) bond motifs is 1. The fourth-order valence-corrected chi connectivity index (χ4v) is 3.26. The summed E-state index contributed by atoms with van der Waals surface area (Å²) in [6.45, 7) is -0.401. The zero-order valence-electron chi connectivity index (χ0n) is 15.0. The Bertz CT molecular complexity index is 1070. The third-order valence-electron chi connectivity index (χ3n) is 4.70. The summed E-state index contributed by atoms with van der Waals surface area (Å²) in [7, 11) is 0. The maximum atomic E-state index is 12.9. The first-order chi connectivity index (χ1) is 14.0. The summed E-state index contributed by atoms with van der Waals surface area (Å²) in [6, 6.07) is 1.69. The van der Waals surface area contributed by atoms with Crippen molar-refractivity contribution in [2.75, 3.05) is 6.54 Å². The van der Waals surface area contributed by atoms with Gasteiger partial charge in [0.15, 0.2) is 0 Å². The Kier molecular flexibility index (Phi) is 4.62. The predicted molar refractivity (Wildman–Crippen MR) is 87.3 cm³/mol. The van der Waals surface area contributed by atoms with Gasteiger partial charge in [0.05, 0.1) is 17.4 Å². The average Bonchev–Trinajstić information content (AvgIpc) is 3.37. The fraction of sp³-hybridized carbons (Fsp3) is 0.353. The van der Waals surface area contributed by atoms with Crippen LogP contribution in [0.25, 0.3) is 5.69 Å². The lowest BCUT2D eigenvalue weighted by molar-refractivity contribution is -0.710. The van der Waals surface area contributed by atoms with E-state index in [4.69, 9.17) is 0 Å². The van der Waals surface area contributed by atoms with Gasteiger partial charge in [-0.3, -0.25) is 9.78 Å². The van der Waals surface area contributed by atoms with Crippen LogP contribution in [0.4, 0.5) is 26.3 Å². The minimum atomic E-state index is -4.70. The van der Waals surface area contributed by atoms with Gasteiger partial charge in [-0.2, -0.15) is 18.3 Å². The molecule has 0 saturated heterocycles. The largest absolute Gasteiger partial charge is 0.662 e. The normalized spacial score (nSPS) is 18.8. The molecule has 1 aliphatic carbocycles. The van der Waals surface area contributed by atoms with Crippen LogP contribution in [0.3, 0.4) is 0 Å². The summed E-state index contributed by atoms with van der Waals surface area (Å²) in [6.07, 6.45) is -5.23. The third kappa shape index (κ3) is 3.78. The van der Waals surface area contributed by atoms with E-state index in [2.05, 4.69) is 20.5 Å². The molecule has 1 aliphatic heterocycles. The second-order valence-electron chi connectivity index (χ2n) is 6.70. The smallest absolute Gasteiger partial charge is 0.345 e. The molecule has 0 bridgehead atoms. The number of alkyl halides is 6. The number of halogens is 6. The van der Waals surface area contributed by atoms with E-state index in [0.29, 0.717) is 30.3 Å². The second kappa shape index (κ2) is 6.92. The Morgan fingerprint density at radius 3 is 2.67 bits per heavy atom. The van der Waals surface area contributed by atoms with Crippen molar-refractivity contribution in [1.29, 1.82) is 0 Å². The van der Waals surface area contributed by atoms with Crippen LogP contribution in [0.5, 0.6) is 0 Å². The first-order valence-corrected chi connectivity index (χ1v) is 8.69. The molecule has 30 heavy (non-hydrogen) atoms. The average molecular weight is 431 g/mol. The number of pyridine rings is 1. The summed E-state index contributed by atoms with van der Waals surface area (Å²) < 4.78 is 77.6. The quantitative estimate of drug-likeness (QED) is 0.461. The topological polar surface area (TPSA) is 75.2 Å². The number of carbonyl (C=O) groups is 1. The van der Waals surface area contributed by atoms with E-state index >= 15 is 0 Å². The van der Waals surface area contributed by atoms with Gasteiger partial charge in [0.25, 0.3) is 5.91 Å². The lowest BCUT2D eigenvalue weighted by Gasteiger charge is -2.12. The van der Waals surface area contributed by atoms with E-state index in [1.807, 2.05) is 0 Å². The van der Waals surface area contributed by atoms with Crippen molar-refractivity contribution in [3.05, 3.63) is 53.3 Å². The van der Waals surface area contributed by atoms with Crippen molar-refractivity contribution in [2.24, 2.45) is 5.11 Å². The van der Waals surface area contributed by atoms with E-state index < -0.39 is 36.7 Å². The molecule has 3 heterocycles. The number of nitrogens with one attached hydrogen (secondary N) is 1. The maximum absolute atomic E-state index is 12.9. The van der Waals surface area contributed by atoms with Crippen molar-refractivity contribution in [3.63, 3.8) is 0 Å². The molecule has 0 fully saturated rings. The molecule has 13 heteroatoms. The van der Waals surface area contributed by atoms with Gasteiger partial charge in [0.2, 0.25) is 6.20 Å². The molecule has 0 unspecified atom stereocenters. The van der Waals surface area contributed by atoms with Crippen LogP contribution in [0.15, 0.2) is 41.4 Å². The van der Waals surface area contributed by atoms with Gasteiger partial charge in [0, 0.05) is 22.7 Å². The van der Waals surface area contributed by atoms with Crippen molar-refractivity contribution in [3.8, 4) is 5.69 Å². The molecule has 0 radical (unpaired) electrons. The second-order valence-corrected chi connectivity index (χ2v) is 6.70. The number of rotatable bonds is 3. The molecule has 158 valence electrons. The van der Waals surface area contributed by atoms with E-state index in [1.54, 1.807) is 0 Å². The number of hydrogen-bond donors (Lipinski definition) is 1. The van der Waals surface area contributed by atoms with Crippen molar-refractivity contribution in [1.82, 2.24) is 20.1 Å². The molecular formula is C17H13F6N6O+. The zero-order valence-corrected chi connectivity index (χ0v) is 15.0. The van der Waals surface area contributed by atoms with E-state index in [1.165, 1.54) is 16.9 Å². The number of amides is 1. The van der Waals surface area contributed by atoms with E-state index in [9.17, 15) is 31.1 Å². The van der Waals surface area contributed by atoms with Crippen LogP contribution < -0.4 is 5.32 Å². The van der Waals surface area contributed by atoms with Gasteiger partial charge >= 0.3 is 12.5 Å². The monoisotopic (exact) mass is 431 g/mol. The number of aromatic nitrogens is 3. The van der Waals surface area contributed by atoms with Crippen LogP contribution in [0, 0.1) is 0 Å². The molecule has 1 N–H and O–H groups in total. The molecule has 2 aliphatic rings. The standard InChI is InChI=1S/C17H12F6N6O/c18-16(19,20)14-5-10(3-4-24-14)28-8-11-12(1-2-13(11)27-28)26-15(30)9-6-25-29(7-9)17(21,22)23/h3-5,7-8,12H,1-2,6H2/p+1/t12-/m1/s1. The number of nitrogens with zero attached hydrogens (tertiary/aromatic N) is 5. The minimum Gasteiger partial charge on any atom is -0.345 e. The Balaban J connectivity index is 1.51. The van der Waals surface area contributed by atoms with Crippen molar-refractivity contribution >= 4 is 5.91 Å². The number of hydrogen-bond acceptors (Lipinski definition) is 4. The molecule has 0 saturated carbocycles. The van der Waals surface area contributed by atoms with Crippen LogP contribution in [0.1, 0.15) is 29.4 Å². The van der Waals surface area contributed by atoms with Gasteiger partial charge in [-0.1, -0.05) is 0 Å². The molecule has 0 spiro atoms. The van der Waals surface area contributed by atoms with Crippen molar-refractivity contribution < 1.29 is 35.8 Å². The van der Waals surface area contributed by atoms with Crippen LogP contribution in [-0.4, -0.2) is 38.2 Å². The van der Waals surface area contributed by atoms with Crippen molar-refractivity contribution in [2.45, 2.75) is 31.4 Å². The third-order valence-corrected chi connectivity index (χ3v) is 4.70. The highest BCUT2D eigenvalue weighted by Gasteiger charge is 2.48. The lowest BCUT2D eigenvalue weighted by atomic mass is 10.1. The molecular weight excluding hydrogens is 418 g/mol. The SMILES string of the molecule is O=C(N[C@@H]1CCc2nn(-c3ccnc(C(F)(F)F)c3)cc21)C1=C[N+](C(F)(F)F)=NC1. The van der Waals surface area contributed by atoms with Gasteiger partial charge in [-0.25, -0.2) is 4.68 Å². The molecule has 1 atom stereocenters. The molecule has 2 aromatic heterocycles. The summed E-state index contributed by atoms with van der Waals surface area (Å²) in [5.41, 5.74) is 0.128. The van der Waals surface area contributed by atoms with Crippen LogP contribution >= 0.6 is 0 Å². The molecule has 1 amide bonds. The molecule has 0 aromatic carbocycles. The van der Waals surface area contributed by atoms with Crippen LogP contribution in [0.2, 0.25) is 0 Å².